The number of nitrogens with zero attached hydrogens (tertiary/aromatic N) is 4. The lowest BCUT2D eigenvalue weighted by Crippen LogP contribution is -2.48. The zero-order valence-electron chi connectivity index (χ0n) is 14.0. The van der Waals surface area contributed by atoms with Gasteiger partial charge in [-0.25, -0.2) is 12.7 Å². The first-order chi connectivity index (χ1) is 10.7. The molecule has 23 heavy (non-hydrogen) atoms. The van der Waals surface area contributed by atoms with E-state index in [1.807, 2.05) is 0 Å². The highest BCUT2D eigenvalue weighted by Crippen LogP contribution is 2.24. The molecule has 1 saturated heterocycles. The Bertz CT molecular complexity index is 655. The van der Waals surface area contributed by atoms with Crippen molar-refractivity contribution in [2.75, 3.05) is 27.2 Å². The number of aromatic nitrogens is 2. The number of amides is 1. The molecule has 0 bridgehead atoms. The molecule has 0 spiro atoms. The topological polar surface area (TPSA) is 96.6 Å². The SMILES string of the molecule is Cc1nc(C[C@H]2CCCN(S(=O)(=O)[C@H](C)C(=O)N(C)C)C2)no1. The molecule has 1 aliphatic heterocycles. The number of hydrogen-bond donors (Lipinski definition) is 0. The van der Waals surface area contributed by atoms with Crippen molar-refractivity contribution in [1.29, 1.82) is 0 Å². The van der Waals surface area contributed by atoms with Crippen molar-refractivity contribution in [2.45, 2.75) is 38.4 Å². The summed E-state index contributed by atoms with van der Waals surface area (Å²) in [5.74, 6) is 0.841. The van der Waals surface area contributed by atoms with E-state index in [0.717, 1.165) is 12.8 Å². The van der Waals surface area contributed by atoms with Crippen LogP contribution in [0.1, 0.15) is 31.5 Å². The largest absolute Gasteiger partial charge is 0.348 e. The van der Waals surface area contributed by atoms with Gasteiger partial charge in [-0.15, -0.1) is 0 Å². The summed E-state index contributed by atoms with van der Waals surface area (Å²) in [6.07, 6.45) is 2.26. The molecule has 0 radical (unpaired) electrons. The molecule has 1 aliphatic rings. The monoisotopic (exact) mass is 344 g/mol. The molecule has 0 saturated carbocycles. The number of carbonyl (C=O) groups is 1. The van der Waals surface area contributed by atoms with E-state index >= 15 is 0 Å². The van der Waals surface area contributed by atoms with E-state index < -0.39 is 21.2 Å². The average molecular weight is 344 g/mol. The third-order valence-electron chi connectivity index (χ3n) is 4.12. The van der Waals surface area contributed by atoms with Crippen LogP contribution >= 0.6 is 0 Å². The van der Waals surface area contributed by atoms with Crippen LogP contribution in [0.4, 0.5) is 0 Å². The summed E-state index contributed by atoms with van der Waals surface area (Å²) in [5.41, 5.74) is 0. The van der Waals surface area contributed by atoms with Crippen LogP contribution < -0.4 is 0 Å². The minimum atomic E-state index is -3.65. The second-order valence-electron chi connectivity index (χ2n) is 6.22. The molecule has 2 atom stereocenters. The first-order valence-corrected chi connectivity index (χ1v) is 9.21. The predicted molar refractivity (Wildman–Crippen MR) is 84.1 cm³/mol. The maximum Gasteiger partial charge on any atom is 0.241 e. The lowest BCUT2D eigenvalue weighted by Gasteiger charge is -2.33. The van der Waals surface area contributed by atoms with Gasteiger partial charge in [-0.05, 0) is 25.7 Å². The summed E-state index contributed by atoms with van der Waals surface area (Å²) in [4.78, 5) is 17.5. The lowest BCUT2D eigenvalue weighted by molar-refractivity contribution is -0.128. The summed E-state index contributed by atoms with van der Waals surface area (Å²) in [5, 5.41) is 2.80. The summed E-state index contributed by atoms with van der Waals surface area (Å²) in [6, 6.07) is 0. The van der Waals surface area contributed by atoms with Crippen molar-refractivity contribution in [3.8, 4) is 0 Å². The molecule has 1 fully saturated rings. The van der Waals surface area contributed by atoms with Crippen LogP contribution in [0.2, 0.25) is 0 Å². The van der Waals surface area contributed by atoms with Gasteiger partial charge in [0.1, 0.15) is 0 Å². The zero-order valence-corrected chi connectivity index (χ0v) is 14.8. The Morgan fingerprint density at radius 2 is 2.17 bits per heavy atom. The molecule has 1 amide bonds. The lowest BCUT2D eigenvalue weighted by atomic mass is 9.96. The van der Waals surface area contributed by atoms with E-state index in [1.165, 1.54) is 16.1 Å². The van der Waals surface area contributed by atoms with Crippen molar-refractivity contribution in [2.24, 2.45) is 5.92 Å². The smallest absolute Gasteiger partial charge is 0.241 e. The van der Waals surface area contributed by atoms with Crippen molar-refractivity contribution in [3.63, 3.8) is 0 Å². The second-order valence-corrected chi connectivity index (χ2v) is 8.47. The van der Waals surface area contributed by atoms with Gasteiger partial charge < -0.3 is 9.42 Å². The Morgan fingerprint density at radius 3 is 2.74 bits per heavy atom. The molecular weight excluding hydrogens is 320 g/mol. The molecule has 0 N–H and O–H groups in total. The van der Waals surface area contributed by atoms with Crippen molar-refractivity contribution in [3.05, 3.63) is 11.7 Å². The quantitative estimate of drug-likeness (QED) is 0.769. The number of rotatable bonds is 5. The van der Waals surface area contributed by atoms with Crippen LogP contribution in [-0.2, 0) is 21.2 Å². The van der Waals surface area contributed by atoms with Crippen LogP contribution in [0.15, 0.2) is 4.52 Å². The third-order valence-corrected chi connectivity index (χ3v) is 6.26. The van der Waals surface area contributed by atoms with Gasteiger partial charge in [0.05, 0.1) is 0 Å². The minimum Gasteiger partial charge on any atom is -0.348 e. The molecule has 2 rings (SSSR count). The summed E-state index contributed by atoms with van der Waals surface area (Å²) >= 11 is 0. The van der Waals surface area contributed by atoms with Gasteiger partial charge >= 0.3 is 0 Å². The molecule has 9 heteroatoms. The number of carbonyl (C=O) groups excluding carboxylic acids is 1. The molecule has 1 aromatic heterocycles. The molecule has 0 aliphatic carbocycles. The first-order valence-electron chi connectivity index (χ1n) is 7.71. The fourth-order valence-corrected chi connectivity index (χ4v) is 4.54. The molecular formula is C14H24N4O4S. The second kappa shape index (κ2) is 6.96. The number of sulfonamides is 1. The van der Waals surface area contributed by atoms with E-state index in [2.05, 4.69) is 10.1 Å². The van der Waals surface area contributed by atoms with Gasteiger partial charge in [0.25, 0.3) is 0 Å². The van der Waals surface area contributed by atoms with Crippen LogP contribution in [0.25, 0.3) is 0 Å². The Morgan fingerprint density at radius 1 is 1.48 bits per heavy atom. The fourth-order valence-electron chi connectivity index (χ4n) is 2.82. The molecule has 8 nitrogen and oxygen atoms in total. The van der Waals surface area contributed by atoms with Crippen LogP contribution in [0.5, 0.6) is 0 Å². The van der Waals surface area contributed by atoms with E-state index in [0.29, 0.717) is 31.2 Å². The Balaban J connectivity index is 2.06. The van der Waals surface area contributed by atoms with Gasteiger partial charge in [-0.2, -0.15) is 4.98 Å². The van der Waals surface area contributed by atoms with Gasteiger partial charge in [-0.1, -0.05) is 5.16 Å². The molecule has 0 unspecified atom stereocenters. The minimum absolute atomic E-state index is 0.136. The van der Waals surface area contributed by atoms with E-state index in [4.69, 9.17) is 4.52 Å². The highest BCUT2D eigenvalue weighted by molar-refractivity contribution is 7.90. The molecule has 1 aromatic rings. The van der Waals surface area contributed by atoms with Gasteiger partial charge in [0.2, 0.25) is 21.8 Å². The van der Waals surface area contributed by atoms with Crippen LogP contribution in [0.3, 0.4) is 0 Å². The fraction of sp³-hybridized carbons (Fsp3) is 0.786. The summed E-state index contributed by atoms with van der Waals surface area (Å²) < 4.78 is 31.7. The summed E-state index contributed by atoms with van der Waals surface area (Å²) in [6.45, 7) is 4.02. The van der Waals surface area contributed by atoms with Crippen molar-refractivity contribution >= 4 is 15.9 Å². The Labute approximate surface area is 136 Å². The Kier molecular flexibility index (Phi) is 5.41. The van der Waals surface area contributed by atoms with Gasteiger partial charge in [0, 0.05) is 40.5 Å². The van der Waals surface area contributed by atoms with Crippen molar-refractivity contribution in [1.82, 2.24) is 19.3 Å². The van der Waals surface area contributed by atoms with E-state index in [1.54, 1.807) is 21.0 Å². The predicted octanol–water partition coefficient (Wildman–Crippen LogP) is 0.439. The summed E-state index contributed by atoms with van der Waals surface area (Å²) in [7, 11) is -0.526. The van der Waals surface area contributed by atoms with Crippen molar-refractivity contribution < 1.29 is 17.7 Å². The maximum absolute atomic E-state index is 12.7. The Hall–Kier alpha value is -1.48. The highest BCUT2D eigenvalue weighted by Gasteiger charge is 2.37. The standard InChI is InChI=1S/C14H24N4O4S/c1-10(14(19)17(3)4)23(20,21)18-7-5-6-12(9-18)8-13-15-11(2)22-16-13/h10,12H,5-9H2,1-4H3/t10-,12-/m1/s1. The van der Waals surface area contributed by atoms with Crippen LogP contribution in [0, 0.1) is 12.8 Å². The van der Waals surface area contributed by atoms with Gasteiger partial charge in [-0.3, -0.25) is 4.79 Å². The molecule has 2 heterocycles. The normalized spacial score (nSPS) is 21.1. The molecule has 0 aromatic carbocycles. The zero-order chi connectivity index (χ0) is 17.2. The van der Waals surface area contributed by atoms with Gasteiger partial charge in [0.15, 0.2) is 11.1 Å². The number of piperidine rings is 1. The highest BCUT2D eigenvalue weighted by atomic mass is 32.2. The molecule has 130 valence electrons. The number of aryl methyl sites for hydroxylation is 1. The third kappa shape index (κ3) is 4.08. The van der Waals surface area contributed by atoms with Crippen LogP contribution in [-0.4, -0.2) is 66.1 Å². The van der Waals surface area contributed by atoms with E-state index in [-0.39, 0.29) is 5.92 Å². The average Bonchev–Trinajstić information content (AvgIpc) is 2.90. The maximum atomic E-state index is 12.7. The number of hydrogen-bond acceptors (Lipinski definition) is 6. The van der Waals surface area contributed by atoms with E-state index in [9.17, 15) is 13.2 Å². The first kappa shape index (κ1) is 17.9.